The van der Waals surface area contributed by atoms with Crippen LogP contribution in [0.2, 0.25) is 0 Å². The molecule has 0 bridgehead atoms. The Kier molecular flexibility index (Phi) is 6.96. The number of aliphatic carboxylic acids is 1. The van der Waals surface area contributed by atoms with Crippen molar-refractivity contribution in [2.75, 3.05) is 19.7 Å². The normalized spacial score (nSPS) is 17.8. The summed E-state index contributed by atoms with van der Waals surface area (Å²) < 4.78 is 5.53. The van der Waals surface area contributed by atoms with E-state index in [1.807, 2.05) is 31.2 Å². The quantitative estimate of drug-likeness (QED) is 0.633. The average molecular weight is 451 g/mol. The minimum absolute atomic E-state index is 0.0161. The van der Waals surface area contributed by atoms with Crippen molar-refractivity contribution in [2.24, 2.45) is 5.92 Å². The Morgan fingerprint density at radius 2 is 1.73 bits per heavy atom. The van der Waals surface area contributed by atoms with Crippen molar-refractivity contribution >= 4 is 18.0 Å². The lowest BCUT2D eigenvalue weighted by Crippen LogP contribution is -2.41. The van der Waals surface area contributed by atoms with Crippen LogP contribution in [0.25, 0.3) is 11.1 Å². The molecular formula is C26H30N2O5. The number of benzene rings is 2. The molecule has 2 atom stereocenters. The Labute approximate surface area is 193 Å². The number of likely N-dealkylation sites (tertiary alicyclic amines) is 1. The molecule has 2 unspecified atom stereocenters. The molecule has 7 nitrogen and oxygen atoms in total. The van der Waals surface area contributed by atoms with Crippen LogP contribution in [0, 0.1) is 5.92 Å². The molecule has 1 heterocycles. The third-order valence-electron chi connectivity index (χ3n) is 6.63. The van der Waals surface area contributed by atoms with Crippen LogP contribution in [-0.2, 0) is 14.3 Å². The van der Waals surface area contributed by atoms with Gasteiger partial charge in [-0.05, 0) is 47.4 Å². The molecule has 33 heavy (non-hydrogen) atoms. The van der Waals surface area contributed by atoms with Crippen molar-refractivity contribution in [3.8, 4) is 11.1 Å². The number of carboxylic acids is 1. The molecule has 0 radical (unpaired) electrons. The van der Waals surface area contributed by atoms with Crippen molar-refractivity contribution in [1.82, 2.24) is 10.2 Å². The smallest absolute Gasteiger partial charge is 0.407 e. The number of carbonyl (C=O) groups is 3. The monoisotopic (exact) mass is 450 g/mol. The van der Waals surface area contributed by atoms with E-state index in [1.54, 1.807) is 0 Å². The van der Waals surface area contributed by atoms with E-state index >= 15 is 0 Å². The van der Waals surface area contributed by atoms with Gasteiger partial charge in [-0.25, -0.2) is 9.59 Å². The maximum atomic E-state index is 12.5. The summed E-state index contributed by atoms with van der Waals surface area (Å²) in [4.78, 5) is 37.5. The summed E-state index contributed by atoms with van der Waals surface area (Å²) in [6.07, 6.45) is 1.65. The first kappa shape index (κ1) is 22.8. The first-order chi connectivity index (χ1) is 16.0. The summed E-state index contributed by atoms with van der Waals surface area (Å²) in [6, 6.07) is 15.7. The summed E-state index contributed by atoms with van der Waals surface area (Å²) in [5.74, 6) is -1.03. The molecule has 1 aliphatic carbocycles. The van der Waals surface area contributed by atoms with Crippen LogP contribution in [0.5, 0.6) is 0 Å². The first-order valence-corrected chi connectivity index (χ1v) is 11.6. The molecule has 2 N–H and O–H groups in total. The lowest BCUT2D eigenvalue weighted by atomic mass is 9.98. The second kappa shape index (κ2) is 10.1. The van der Waals surface area contributed by atoms with E-state index in [1.165, 1.54) is 27.2 Å². The summed E-state index contributed by atoms with van der Waals surface area (Å²) >= 11 is 0. The number of rotatable bonds is 8. The number of carbonyl (C=O) groups excluding carboxylic acids is 2. The van der Waals surface area contributed by atoms with E-state index in [4.69, 9.17) is 4.74 Å². The zero-order valence-corrected chi connectivity index (χ0v) is 18.8. The van der Waals surface area contributed by atoms with Gasteiger partial charge in [-0.3, -0.25) is 4.79 Å². The van der Waals surface area contributed by atoms with Gasteiger partial charge in [0.25, 0.3) is 0 Å². The summed E-state index contributed by atoms with van der Waals surface area (Å²) in [6.45, 7) is 3.09. The summed E-state index contributed by atoms with van der Waals surface area (Å²) in [7, 11) is 0. The van der Waals surface area contributed by atoms with E-state index < -0.39 is 18.1 Å². The number of amides is 2. The molecule has 7 heteroatoms. The van der Waals surface area contributed by atoms with Crippen molar-refractivity contribution < 1.29 is 24.2 Å². The average Bonchev–Trinajstić information content (AvgIpc) is 3.41. The predicted molar refractivity (Wildman–Crippen MR) is 124 cm³/mol. The molecule has 0 spiro atoms. The van der Waals surface area contributed by atoms with Gasteiger partial charge in [-0.1, -0.05) is 55.5 Å². The third-order valence-corrected chi connectivity index (χ3v) is 6.63. The molecule has 2 aromatic carbocycles. The molecule has 0 saturated carbocycles. The number of alkyl carbamates (subject to hydrolysis) is 1. The number of carboxylic acid groups (broad SMARTS) is 1. The molecule has 2 amide bonds. The van der Waals surface area contributed by atoms with E-state index in [2.05, 4.69) is 29.6 Å². The van der Waals surface area contributed by atoms with E-state index in [9.17, 15) is 19.5 Å². The number of nitrogens with one attached hydrogen (secondary N) is 1. The van der Waals surface area contributed by atoms with Crippen LogP contribution in [0.1, 0.15) is 49.7 Å². The van der Waals surface area contributed by atoms with Crippen LogP contribution in [0.15, 0.2) is 48.5 Å². The van der Waals surface area contributed by atoms with Crippen molar-refractivity contribution in [3.63, 3.8) is 0 Å². The highest BCUT2D eigenvalue weighted by atomic mass is 16.5. The zero-order chi connectivity index (χ0) is 23.4. The van der Waals surface area contributed by atoms with Gasteiger partial charge in [-0.2, -0.15) is 0 Å². The van der Waals surface area contributed by atoms with Crippen LogP contribution in [0.3, 0.4) is 0 Å². The maximum Gasteiger partial charge on any atom is 0.407 e. The van der Waals surface area contributed by atoms with Crippen LogP contribution in [0.4, 0.5) is 4.79 Å². The lowest BCUT2D eigenvalue weighted by Gasteiger charge is -2.23. The second-order valence-electron chi connectivity index (χ2n) is 8.93. The fourth-order valence-electron chi connectivity index (χ4n) is 4.91. The Balaban J connectivity index is 1.22. The Bertz CT molecular complexity index is 991. The molecule has 4 rings (SSSR count). The van der Waals surface area contributed by atoms with Crippen molar-refractivity contribution in [3.05, 3.63) is 59.7 Å². The van der Waals surface area contributed by atoms with Gasteiger partial charge in [0, 0.05) is 25.4 Å². The minimum atomic E-state index is -0.939. The number of hydrogen-bond donors (Lipinski definition) is 2. The molecule has 2 aromatic rings. The zero-order valence-electron chi connectivity index (χ0n) is 18.8. The van der Waals surface area contributed by atoms with E-state index in [-0.39, 0.29) is 30.8 Å². The van der Waals surface area contributed by atoms with Gasteiger partial charge in [0.05, 0.1) is 0 Å². The Morgan fingerprint density at radius 3 is 2.36 bits per heavy atom. The SMILES string of the molecule is CC(CCNC(=O)OCC1c2ccccc2-c2ccccc21)CC(=O)N1CCCC1C(=O)O. The first-order valence-electron chi connectivity index (χ1n) is 11.6. The number of ether oxygens (including phenoxy) is 1. The molecular weight excluding hydrogens is 420 g/mol. The van der Waals surface area contributed by atoms with E-state index in [0.29, 0.717) is 25.9 Å². The minimum Gasteiger partial charge on any atom is -0.480 e. The van der Waals surface area contributed by atoms with Gasteiger partial charge >= 0.3 is 12.1 Å². The van der Waals surface area contributed by atoms with Crippen LogP contribution in [-0.4, -0.2) is 53.7 Å². The van der Waals surface area contributed by atoms with Crippen molar-refractivity contribution in [1.29, 1.82) is 0 Å². The molecule has 1 fully saturated rings. The molecule has 1 saturated heterocycles. The Morgan fingerprint density at radius 1 is 1.09 bits per heavy atom. The highest BCUT2D eigenvalue weighted by Gasteiger charge is 2.34. The predicted octanol–water partition coefficient (Wildman–Crippen LogP) is 4.02. The van der Waals surface area contributed by atoms with Crippen LogP contribution < -0.4 is 5.32 Å². The summed E-state index contributed by atoms with van der Waals surface area (Å²) in [5, 5.41) is 12.0. The fourth-order valence-corrected chi connectivity index (χ4v) is 4.91. The third kappa shape index (κ3) is 5.02. The number of nitrogens with zero attached hydrogens (tertiary/aromatic N) is 1. The largest absolute Gasteiger partial charge is 0.480 e. The molecule has 1 aliphatic heterocycles. The second-order valence-corrected chi connectivity index (χ2v) is 8.93. The molecule has 2 aliphatic rings. The van der Waals surface area contributed by atoms with Gasteiger partial charge in [-0.15, -0.1) is 0 Å². The number of hydrogen-bond acceptors (Lipinski definition) is 4. The fraction of sp³-hybridized carbons (Fsp3) is 0.423. The van der Waals surface area contributed by atoms with Gasteiger partial charge in [0.2, 0.25) is 5.91 Å². The number of fused-ring (bicyclic) bond motifs is 3. The van der Waals surface area contributed by atoms with Gasteiger partial charge in [0.1, 0.15) is 12.6 Å². The summed E-state index contributed by atoms with van der Waals surface area (Å²) in [5.41, 5.74) is 4.70. The standard InChI is InChI=1S/C26H30N2O5/c1-17(15-24(29)28-14-6-11-23(28)25(30)31)12-13-27-26(32)33-16-22-20-9-4-2-7-18(20)19-8-3-5-10-21(19)22/h2-5,7-10,17,22-23H,6,11-16H2,1H3,(H,27,32)(H,30,31). The highest BCUT2D eigenvalue weighted by Crippen LogP contribution is 2.44. The topological polar surface area (TPSA) is 95.9 Å². The highest BCUT2D eigenvalue weighted by molar-refractivity contribution is 5.84. The molecule has 0 aromatic heterocycles. The maximum absolute atomic E-state index is 12.5. The Hall–Kier alpha value is -3.35. The van der Waals surface area contributed by atoms with Crippen LogP contribution >= 0.6 is 0 Å². The van der Waals surface area contributed by atoms with E-state index in [0.717, 1.165) is 6.42 Å². The van der Waals surface area contributed by atoms with Gasteiger partial charge in [0.15, 0.2) is 0 Å². The van der Waals surface area contributed by atoms with Crippen molar-refractivity contribution in [2.45, 2.75) is 44.6 Å². The lowest BCUT2D eigenvalue weighted by molar-refractivity contribution is -0.148. The molecule has 174 valence electrons. The van der Waals surface area contributed by atoms with Gasteiger partial charge < -0.3 is 20.1 Å².